The number of amides is 2. The molecule has 1 aliphatic carbocycles. The Morgan fingerprint density at radius 3 is 2.33 bits per heavy atom. The van der Waals surface area contributed by atoms with Gasteiger partial charge in [0, 0.05) is 23.4 Å². The zero-order chi connectivity index (χ0) is 26.4. The van der Waals surface area contributed by atoms with Gasteiger partial charge in [0.1, 0.15) is 11.9 Å². The van der Waals surface area contributed by atoms with Crippen molar-refractivity contribution in [2.75, 3.05) is 6.26 Å². The van der Waals surface area contributed by atoms with Crippen molar-refractivity contribution >= 4 is 21.7 Å². The predicted molar refractivity (Wildman–Crippen MR) is 123 cm³/mol. The Balaban J connectivity index is 1.57. The first-order valence-electron chi connectivity index (χ1n) is 11.6. The summed E-state index contributed by atoms with van der Waals surface area (Å²) in [5.41, 5.74) is -1.01. The van der Waals surface area contributed by atoms with Gasteiger partial charge in [-0.1, -0.05) is 12.1 Å². The Hall–Kier alpha value is -2.95. The van der Waals surface area contributed by atoms with E-state index in [1.165, 1.54) is 29.2 Å². The van der Waals surface area contributed by atoms with Gasteiger partial charge in [0.05, 0.1) is 16.5 Å². The zero-order valence-corrected chi connectivity index (χ0v) is 20.5. The number of hydrogen-bond donors (Lipinski definition) is 1. The van der Waals surface area contributed by atoms with Gasteiger partial charge in [-0.3, -0.25) is 9.59 Å². The monoisotopic (exact) mass is 526 g/mol. The maximum Gasteiger partial charge on any atom is 0.416 e. The number of hydrogen-bond acceptors (Lipinski definition) is 4. The van der Waals surface area contributed by atoms with Crippen LogP contribution in [-0.4, -0.2) is 43.5 Å². The van der Waals surface area contributed by atoms with Gasteiger partial charge in [0.25, 0.3) is 5.91 Å². The van der Waals surface area contributed by atoms with E-state index in [1.54, 1.807) is 6.92 Å². The standard InChI is InChI=1S/C25H26F4N2O4S/c1-14-6-11-21(31(14)24(33)16-4-3-5-18(12-16)36(2,34)35)23(32)30-22(15-7-8-15)19-10-9-17(13-20(19)26)25(27,28)29/h3-5,9-10,12-15,21-22H,6-8,11H2,1-2H3,(H,30,32)/t14-,21+,22-/m1/s1. The lowest BCUT2D eigenvalue weighted by Crippen LogP contribution is -2.49. The number of alkyl halides is 3. The molecule has 36 heavy (non-hydrogen) atoms. The third kappa shape index (κ3) is 5.40. The van der Waals surface area contributed by atoms with E-state index >= 15 is 0 Å². The van der Waals surface area contributed by atoms with Crippen LogP contribution in [0.1, 0.15) is 60.1 Å². The highest BCUT2D eigenvalue weighted by molar-refractivity contribution is 7.90. The van der Waals surface area contributed by atoms with Gasteiger partial charge in [0.2, 0.25) is 5.91 Å². The summed E-state index contributed by atoms with van der Waals surface area (Å²) in [4.78, 5) is 28.0. The van der Waals surface area contributed by atoms with Crippen molar-refractivity contribution in [1.82, 2.24) is 10.2 Å². The lowest BCUT2D eigenvalue weighted by atomic mass is 9.99. The molecule has 1 saturated heterocycles. The fourth-order valence-corrected chi connectivity index (χ4v) is 5.34. The van der Waals surface area contributed by atoms with Gasteiger partial charge >= 0.3 is 6.18 Å². The summed E-state index contributed by atoms with van der Waals surface area (Å²) in [5, 5.41) is 2.78. The van der Waals surface area contributed by atoms with Crippen LogP contribution in [0.15, 0.2) is 47.4 Å². The number of likely N-dealkylation sites (tertiary alicyclic amines) is 1. The minimum Gasteiger partial charge on any atom is -0.347 e. The first kappa shape index (κ1) is 26.1. The van der Waals surface area contributed by atoms with E-state index in [1.807, 2.05) is 0 Å². The first-order valence-corrected chi connectivity index (χ1v) is 13.5. The molecule has 6 nitrogen and oxygen atoms in total. The normalized spacial score (nSPS) is 21.3. The third-order valence-electron chi connectivity index (χ3n) is 6.77. The van der Waals surface area contributed by atoms with E-state index in [0.29, 0.717) is 31.7 Å². The highest BCUT2D eigenvalue weighted by Gasteiger charge is 2.42. The summed E-state index contributed by atoms with van der Waals surface area (Å²) < 4.78 is 77.4. The second kappa shape index (κ2) is 9.49. The molecule has 0 unspecified atom stereocenters. The number of nitrogens with one attached hydrogen (secondary N) is 1. The lowest BCUT2D eigenvalue weighted by Gasteiger charge is -2.30. The molecule has 1 aliphatic heterocycles. The number of carbonyl (C=O) groups is 2. The fourth-order valence-electron chi connectivity index (χ4n) is 4.68. The predicted octanol–water partition coefficient (Wildman–Crippen LogP) is 4.51. The fraction of sp³-hybridized carbons (Fsp3) is 0.440. The highest BCUT2D eigenvalue weighted by Crippen LogP contribution is 2.43. The maximum absolute atomic E-state index is 14.7. The molecule has 2 aliphatic rings. The number of sulfone groups is 1. The van der Waals surface area contributed by atoms with Crippen molar-refractivity contribution in [2.45, 2.75) is 61.8 Å². The van der Waals surface area contributed by atoms with Gasteiger partial charge in [-0.2, -0.15) is 13.2 Å². The summed E-state index contributed by atoms with van der Waals surface area (Å²) in [6.45, 7) is 1.78. The van der Waals surface area contributed by atoms with E-state index < -0.39 is 51.3 Å². The molecule has 0 aromatic heterocycles. The summed E-state index contributed by atoms with van der Waals surface area (Å²) in [6.07, 6.45) is -1.41. The van der Waals surface area contributed by atoms with Gasteiger partial charge in [0.15, 0.2) is 9.84 Å². The van der Waals surface area contributed by atoms with Crippen molar-refractivity contribution < 1.29 is 35.6 Å². The molecule has 1 saturated carbocycles. The Bertz CT molecular complexity index is 1290. The van der Waals surface area contributed by atoms with Crippen LogP contribution in [0.5, 0.6) is 0 Å². The molecule has 194 valence electrons. The average Bonchev–Trinajstić information content (AvgIpc) is 3.57. The van der Waals surface area contributed by atoms with E-state index in [-0.39, 0.29) is 28.0 Å². The van der Waals surface area contributed by atoms with Crippen LogP contribution >= 0.6 is 0 Å². The van der Waals surface area contributed by atoms with Crippen molar-refractivity contribution in [3.8, 4) is 0 Å². The van der Waals surface area contributed by atoms with E-state index in [9.17, 15) is 35.6 Å². The molecule has 1 heterocycles. The van der Waals surface area contributed by atoms with Gasteiger partial charge in [-0.25, -0.2) is 12.8 Å². The molecule has 2 aromatic rings. The van der Waals surface area contributed by atoms with Crippen LogP contribution in [0.2, 0.25) is 0 Å². The molecule has 2 fully saturated rings. The van der Waals surface area contributed by atoms with Crippen LogP contribution in [0.4, 0.5) is 17.6 Å². The third-order valence-corrected chi connectivity index (χ3v) is 7.88. The van der Waals surface area contributed by atoms with Crippen LogP contribution < -0.4 is 5.32 Å². The second-order valence-electron chi connectivity index (χ2n) is 9.51. The molecule has 0 bridgehead atoms. The SMILES string of the molecule is C[C@@H]1CC[C@@H](C(=O)N[C@@H](c2ccc(C(F)(F)F)cc2F)C2CC2)N1C(=O)c1cccc(S(C)(=O)=O)c1. The van der Waals surface area contributed by atoms with Crippen molar-refractivity contribution in [3.63, 3.8) is 0 Å². The Kier molecular flexibility index (Phi) is 6.89. The van der Waals surface area contributed by atoms with Gasteiger partial charge in [-0.15, -0.1) is 0 Å². The zero-order valence-electron chi connectivity index (χ0n) is 19.7. The summed E-state index contributed by atoms with van der Waals surface area (Å²) in [5.74, 6) is -2.19. The summed E-state index contributed by atoms with van der Waals surface area (Å²) >= 11 is 0. The topological polar surface area (TPSA) is 83.6 Å². The highest BCUT2D eigenvalue weighted by atomic mass is 32.2. The number of halogens is 4. The van der Waals surface area contributed by atoms with Gasteiger partial charge in [-0.05, 0) is 68.9 Å². The lowest BCUT2D eigenvalue weighted by molar-refractivity contribution is -0.137. The molecular formula is C25H26F4N2O4S. The molecule has 11 heteroatoms. The number of rotatable bonds is 6. The van der Waals surface area contributed by atoms with Crippen molar-refractivity contribution in [2.24, 2.45) is 5.92 Å². The largest absolute Gasteiger partial charge is 0.416 e. The quantitative estimate of drug-likeness (QED) is 0.562. The smallest absolute Gasteiger partial charge is 0.347 e. The molecule has 0 radical (unpaired) electrons. The van der Waals surface area contributed by atoms with E-state index in [0.717, 1.165) is 18.4 Å². The molecule has 0 spiro atoms. The number of nitrogens with zero attached hydrogens (tertiary/aromatic N) is 1. The molecular weight excluding hydrogens is 500 g/mol. The molecule has 4 rings (SSSR count). The Labute approximate surface area is 206 Å². The van der Waals surface area contributed by atoms with Gasteiger partial charge < -0.3 is 10.2 Å². The minimum atomic E-state index is -4.69. The molecule has 2 aromatic carbocycles. The molecule has 3 atom stereocenters. The van der Waals surface area contributed by atoms with Crippen molar-refractivity contribution in [3.05, 3.63) is 65.0 Å². The van der Waals surface area contributed by atoms with Crippen LogP contribution in [0.3, 0.4) is 0 Å². The van der Waals surface area contributed by atoms with Crippen molar-refractivity contribution in [1.29, 1.82) is 0 Å². The molecule has 1 N–H and O–H groups in total. The Morgan fingerprint density at radius 2 is 1.75 bits per heavy atom. The van der Waals surface area contributed by atoms with Crippen LogP contribution in [0, 0.1) is 11.7 Å². The number of carbonyl (C=O) groups excluding carboxylic acids is 2. The van der Waals surface area contributed by atoms with E-state index in [4.69, 9.17) is 0 Å². The van der Waals surface area contributed by atoms with Crippen LogP contribution in [-0.2, 0) is 20.8 Å². The first-order chi connectivity index (χ1) is 16.8. The van der Waals surface area contributed by atoms with Crippen LogP contribution in [0.25, 0.3) is 0 Å². The minimum absolute atomic E-state index is 0.0206. The summed E-state index contributed by atoms with van der Waals surface area (Å²) in [7, 11) is -3.55. The number of benzene rings is 2. The molecule has 2 amide bonds. The Morgan fingerprint density at radius 1 is 1.06 bits per heavy atom. The maximum atomic E-state index is 14.7. The average molecular weight is 527 g/mol. The van der Waals surface area contributed by atoms with E-state index in [2.05, 4.69) is 5.32 Å². The summed E-state index contributed by atoms with van der Waals surface area (Å²) in [6, 6.07) is 5.84. The second-order valence-corrected chi connectivity index (χ2v) is 11.5.